The molecule has 1 aliphatic rings. The minimum Gasteiger partial charge on any atom is -0.334 e. The van der Waals surface area contributed by atoms with Gasteiger partial charge in [-0.05, 0) is 40.0 Å². The van der Waals surface area contributed by atoms with Crippen LogP contribution in [-0.4, -0.2) is 46.6 Å². The maximum Gasteiger partial charge on any atom is 0.241 e. The molecule has 23 heavy (non-hydrogen) atoms. The number of carbonyl (C=O) groups is 1. The Morgan fingerprint density at radius 3 is 2.57 bits per heavy atom. The van der Waals surface area contributed by atoms with E-state index in [2.05, 4.69) is 5.10 Å². The van der Waals surface area contributed by atoms with Gasteiger partial charge in [-0.1, -0.05) is 6.92 Å². The van der Waals surface area contributed by atoms with Crippen molar-refractivity contribution in [1.82, 2.24) is 14.7 Å². The van der Waals surface area contributed by atoms with Crippen LogP contribution in [-0.2, 0) is 21.7 Å². The number of rotatable bonds is 5. The summed E-state index contributed by atoms with van der Waals surface area (Å²) in [5, 5.41) is 3.46. The molecule has 0 N–H and O–H groups in total. The first-order valence-corrected chi connectivity index (χ1v) is 9.94. The molecule has 2 atom stereocenters. The van der Waals surface area contributed by atoms with Crippen molar-refractivity contribution in [3.05, 3.63) is 17.0 Å². The zero-order valence-corrected chi connectivity index (χ0v) is 15.5. The van der Waals surface area contributed by atoms with E-state index in [1.807, 2.05) is 32.5 Å². The maximum absolute atomic E-state index is 12.8. The molecule has 1 aliphatic heterocycles. The van der Waals surface area contributed by atoms with Gasteiger partial charge in [0.15, 0.2) is 9.84 Å². The second-order valence-corrected chi connectivity index (χ2v) is 8.85. The van der Waals surface area contributed by atoms with Gasteiger partial charge in [-0.15, -0.1) is 0 Å². The second-order valence-electron chi connectivity index (χ2n) is 6.41. The lowest BCUT2D eigenvalue weighted by atomic mass is 10.0. The van der Waals surface area contributed by atoms with E-state index in [0.29, 0.717) is 13.0 Å². The molecule has 1 amide bonds. The highest BCUT2D eigenvalue weighted by molar-refractivity contribution is 7.92. The number of amides is 1. The van der Waals surface area contributed by atoms with Crippen molar-refractivity contribution in [3.8, 4) is 0 Å². The Morgan fingerprint density at radius 1 is 1.39 bits per heavy atom. The third-order valence-corrected chi connectivity index (χ3v) is 7.07. The van der Waals surface area contributed by atoms with E-state index >= 15 is 0 Å². The van der Waals surface area contributed by atoms with E-state index in [9.17, 15) is 13.2 Å². The molecule has 1 fully saturated rings. The van der Waals surface area contributed by atoms with Crippen molar-refractivity contribution in [2.24, 2.45) is 7.05 Å². The minimum absolute atomic E-state index is 0.0589. The smallest absolute Gasteiger partial charge is 0.241 e. The third-order valence-electron chi connectivity index (χ3n) is 4.81. The molecule has 0 spiro atoms. The highest BCUT2D eigenvalue weighted by Crippen LogP contribution is 2.36. The van der Waals surface area contributed by atoms with E-state index in [1.54, 1.807) is 4.90 Å². The van der Waals surface area contributed by atoms with Crippen LogP contribution in [0.4, 0.5) is 0 Å². The zero-order chi connectivity index (χ0) is 17.4. The number of aryl methyl sites for hydroxylation is 2. The van der Waals surface area contributed by atoms with Gasteiger partial charge in [-0.3, -0.25) is 9.48 Å². The van der Waals surface area contributed by atoms with Gasteiger partial charge in [-0.2, -0.15) is 5.10 Å². The standard InChI is InChI=1S/C16H27N3O3S/c1-6-10-23(21,22)13(4)16(20)19-9-7-8-14(19)15-11(2)17-18(5)12(15)3/h13-14H,6-10H2,1-5H3/t13-,14-/m1/s1. The molecule has 0 saturated carbocycles. The summed E-state index contributed by atoms with van der Waals surface area (Å²) in [6.45, 7) is 7.89. The fourth-order valence-electron chi connectivity index (χ4n) is 3.45. The van der Waals surface area contributed by atoms with E-state index in [-0.39, 0.29) is 17.7 Å². The molecule has 130 valence electrons. The molecular weight excluding hydrogens is 314 g/mol. The number of hydrogen-bond donors (Lipinski definition) is 0. The molecule has 0 bridgehead atoms. The van der Waals surface area contributed by atoms with Gasteiger partial charge in [0.05, 0.1) is 17.5 Å². The van der Waals surface area contributed by atoms with Crippen LogP contribution in [0.5, 0.6) is 0 Å². The highest BCUT2D eigenvalue weighted by Gasteiger charge is 2.38. The first kappa shape index (κ1) is 18.0. The molecule has 2 rings (SSSR count). The van der Waals surface area contributed by atoms with Crippen LogP contribution in [0.15, 0.2) is 0 Å². The molecule has 0 aromatic carbocycles. The van der Waals surface area contributed by atoms with Gasteiger partial charge in [0, 0.05) is 24.8 Å². The topological polar surface area (TPSA) is 72.3 Å². The van der Waals surface area contributed by atoms with Crippen molar-refractivity contribution in [2.45, 2.75) is 58.2 Å². The van der Waals surface area contributed by atoms with Crippen LogP contribution in [0.1, 0.15) is 56.1 Å². The van der Waals surface area contributed by atoms with Gasteiger partial charge in [0.2, 0.25) is 5.91 Å². The van der Waals surface area contributed by atoms with Crippen LogP contribution in [0.2, 0.25) is 0 Å². The first-order valence-electron chi connectivity index (χ1n) is 8.22. The Bertz CT molecular complexity index is 694. The van der Waals surface area contributed by atoms with Gasteiger partial charge in [0.1, 0.15) is 5.25 Å². The lowest BCUT2D eigenvalue weighted by molar-refractivity contribution is -0.131. The number of hydrogen-bond acceptors (Lipinski definition) is 4. The van der Waals surface area contributed by atoms with E-state index < -0.39 is 15.1 Å². The van der Waals surface area contributed by atoms with Gasteiger partial charge < -0.3 is 4.90 Å². The largest absolute Gasteiger partial charge is 0.334 e. The summed E-state index contributed by atoms with van der Waals surface area (Å²) in [5.74, 6) is -0.216. The maximum atomic E-state index is 12.8. The molecule has 0 radical (unpaired) electrons. The summed E-state index contributed by atoms with van der Waals surface area (Å²) in [7, 11) is -1.49. The van der Waals surface area contributed by atoms with Gasteiger partial charge in [0.25, 0.3) is 0 Å². The third kappa shape index (κ3) is 3.29. The number of nitrogens with zero attached hydrogens (tertiary/aromatic N) is 3. The molecular formula is C16H27N3O3S. The lowest BCUT2D eigenvalue weighted by Gasteiger charge is -2.28. The summed E-state index contributed by atoms with van der Waals surface area (Å²) >= 11 is 0. The molecule has 0 aliphatic carbocycles. The summed E-state index contributed by atoms with van der Waals surface area (Å²) in [4.78, 5) is 14.5. The van der Waals surface area contributed by atoms with E-state index in [0.717, 1.165) is 29.8 Å². The average molecular weight is 341 g/mol. The van der Waals surface area contributed by atoms with Crippen LogP contribution in [0.3, 0.4) is 0 Å². The van der Waals surface area contributed by atoms with Crippen molar-refractivity contribution < 1.29 is 13.2 Å². The molecule has 6 nitrogen and oxygen atoms in total. The zero-order valence-electron chi connectivity index (χ0n) is 14.7. The quantitative estimate of drug-likeness (QED) is 0.820. The Balaban J connectivity index is 2.30. The predicted molar refractivity (Wildman–Crippen MR) is 89.9 cm³/mol. The number of carbonyl (C=O) groups excluding carboxylic acids is 1. The Labute approximate surface area is 138 Å². The Kier molecular flexibility index (Phi) is 5.18. The second kappa shape index (κ2) is 6.63. The van der Waals surface area contributed by atoms with E-state index in [1.165, 1.54) is 6.92 Å². The number of sulfone groups is 1. The van der Waals surface area contributed by atoms with E-state index in [4.69, 9.17) is 0 Å². The van der Waals surface area contributed by atoms with Crippen LogP contribution in [0, 0.1) is 13.8 Å². The molecule has 0 unspecified atom stereocenters. The minimum atomic E-state index is -3.38. The number of aromatic nitrogens is 2. The summed E-state index contributed by atoms with van der Waals surface area (Å²) in [6, 6.07) is -0.0597. The van der Waals surface area contributed by atoms with Gasteiger partial charge >= 0.3 is 0 Å². The Morgan fingerprint density at radius 2 is 2.04 bits per heavy atom. The van der Waals surface area contributed by atoms with Crippen molar-refractivity contribution in [1.29, 1.82) is 0 Å². The highest BCUT2D eigenvalue weighted by atomic mass is 32.2. The fraction of sp³-hybridized carbons (Fsp3) is 0.750. The van der Waals surface area contributed by atoms with Crippen LogP contribution >= 0.6 is 0 Å². The van der Waals surface area contributed by atoms with Crippen molar-refractivity contribution >= 4 is 15.7 Å². The van der Waals surface area contributed by atoms with Crippen LogP contribution < -0.4 is 0 Å². The average Bonchev–Trinajstić information content (AvgIpc) is 3.03. The molecule has 1 saturated heterocycles. The summed E-state index contributed by atoms with van der Waals surface area (Å²) in [5.41, 5.74) is 3.02. The monoisotopic (exact) mass is 341 g/mol. The van der Waals surface area contributed by atoms with Crippen molar-refractivity contribution in [2.75, 3.05) is 12.3 Å². The summed E-state index contributed by atoms with van der Waals surface area (Å²) < 4.78 is 26.3. The molecule has 7 heteroatoms. The Hall–Kier alpha value is -1.37. The summed E-state index contributed by atoms with van der Waals surface area (Å²) in [6.07, 6.45) is 2.29. The first-order chi connectivity index (χ1) is 10.7. The van der Waals surface area contributed by atoms with Gasteiger partial charge in [-0.25, -0.2) is 8.42 Å². The fourth-order valence-corrected chi connectivity index (χ4v) is 4.82. The van der Waals surface area contributed by atoms with Crippen molar-refractivity contribution in [3.63, 3.8) is 0 Å². The normalized spacial score (nSPS) is 20.0. The SMILES string of the molecule is CCCS(=O)(=O)[C@H](C)C(=O)N1CCC[C@@H]1c1c(C)nn(C)c1C. The molecule has 1 aromatic rings. The molecule has 1 aromatic heterocycles. The lowest BCUT2D eigenvalue weighted by Crippen LogP contribution is -2.42. The number of likely N-dealkylation sites (tertiary alicyclic amines) is 1. The predicted octanol–water partition coefficient (Wildman–Crippen LogP) is 1.91. The molecule has 2 heterocycles. The van der Waals surface area contributed by atoms with Crippen LogP contribution in [0.25, 0.3) is 0 Å².